The maximum Gasteiger partial charge on any atom is 0.321 e. The lowest BCUT2D eigenvalue weighted by molar-refractivity contribution is -0.116. The zero-order chi connectivity index (χ0) is 24.6. The molecule has 1 saturated heterocycles. The fourth-order valence-corrected chi connectivity index (χ4v) is 6.35. The molecule has 8 heteroatoms. The van der Waals surface area contributed by atoms with Crippen molar-refractivity contribution in [2.75, 3.05) is 39.0 Å². The lowest BCUT2D eigenvalue weighted by atomic mass is 9.68. The average Bonchev–Trinajstić information content (AvgIpc) is 3.32. The van der Waals surface area contributed by atoms with Crippen molar-refractivity contribution >= 4 is 17.8 Å². The molecule has 0 unspecified atom stereocenters. The molecule has 1 aliphatic heterocycles. The van der Waals surface area contributed by atoms with Crippen molar-refractivity contribution in [3.63, 3.8) is 0 Å². The van der Waals surface area contributed by atoms with Gasteiger partial charge >= 0.3 is 6.03 Å². The van der Waals surface area contributed by atoms with E-state index >= 15 is 0 Å². The minimum Gasteiger partial charge on any atom is -0.317 e. The minimum absolute atomic E-state index is 0.0186. The molecule has 2 saturated carbocycles. The summed E-state index contributed by atoms with van der Waals surface area (Å²) in [5, 5.41) is 7.07. The number of carbonyl (C=O) groups excluding carboxylic acids is 2. The maximum atomic E-state index is 13.7. The smallest absolute Gasteiger partial charge is 0.317 e. The summed E-state index contributed by atoms with van der Waals surface area (Å²) in [5.41, 5.74) is 1.12. The third-order valence-corrected chi connectivity index (χ3v) is 8.72. The first-order valence-electron chi connectivity index (χ1n) is 12.9. The van der Waals surface area contributed by atoms with Crippen molar-refractivity contribution in [3.8, 4) is 0 Å². The number of hydrogen-bond acceptors (Lipinski definition) is 4. The fourth-order valence-electron chi connectivity index (χ4n) is 6.35. The number of benzene rings is 1. The van der Waals surface area contributed by atoms with Gasteiger partial charge < -0.3 is 15.1 Å². The Balaban J connectivity index is 1.34. The van der Waals surface area contributed by atoms with E-state index in [-0.39, 0.29) is 29.6 Å². The highest BCUT2D eigenvalue weighted by Crippen LogP contribution is 2.49. The van der Waals surface area contributed by atoms with Crippen LogP contribution in [0.25, 0.3) is 0 Å². The Morgan fingerprint density at radius 1 is 1.11 bits per heavy atom. The van der Waals surface area contributed by atoms with Crippen LogP contribution < -0.4 is 5.32 Å². The zero-order valence-corrected chi connectivity index (χ0v) is 21.2. The Morgan fingerprint density at radius 3 is 2.40 bits per heavy atom. The largest absolute Gasteiger partial charge is 0.321 e. The molecule has 1 N–H and O–H groups in total. The molecular weight excluding hydrogens is 440 g/mol. The van der Waals surface area contributed by atoms with Crippen LogP contribution in [0.2, 0.25) is 0 Å². The SMILES string of the molecule is Cn1ccc(NC(=O)CN2C[C@]3(CC[C@](c4ccccc4)(N(C)C)CC3)N(CC3CCC3)C2=O)n1. The first-order valence-corrected chi connectivity index (χ1v) is 12.9. The van der Waals surface area contributed by atoms with Crippen LogP contribution in [0.3, 0.4) is 0 Å². The number of aryl methyl sites for hydroxylation is 1. The number of urea groups is 1. The van der Waals surface area contributed by atoms with E-state index in [0.29, 0.717) is 18.3 Å². The van der Waals surface area contributed by atoms with Crippen molar-refractivity contribution in [2.24, 2.45) is 13.0 Å². The van der Waals surface area contributed by atoms with Gasteiger partial charge in [0, 0.05) is 37.9 Å². The van der Waals surface area contributed by atoms with Gasteiger partial charge in [-0.25, -0.2) is 4.79 Å². The van der Waals surface area contributed by atoms with E-state index in [1.54, 1.807) is 21.8 Å². The monoisotopic (exact) mass is 478 g/mol. The highest BCUT2D eigenvalue weighted by Gasteiger charge is 2.55. The molecule has 0 atom stereocenters. The summed E-state index contributed by atoms with van der Waals surface area (Å²) in [6.45, 7) is 1.50. The Bertz CT molecular complexity index is 1050. The van der Waals surface area contributed by atoms with E-state index in [9.17, 15) is 9.59 Å². The van der Waals surface area contributed by atoms with Crippen LogP contribution in [0.1, 0.15) is 50.5 Å². The minimum atomic E-state index is -0.202. The topological polar surface area (TPSA) is 73.7 Å². The Kier molecular flexibility index (Phi) is 6.34. The number of amides is 3. The maximum absolute atomic E-state index is 13.7. The normalized spacial score (nSPS) is 27.0. The van der Waals surface area contributed by atoms with Crippen LogP contribution in [0.4, 0.5) is 10.6 Å². The molecule has 1 aromatic carbocycles. The fraction of sp³-hybridized carbons (Fsp3) is 0.593. The predicted molar refractivity (Wildman–Crippen MR) is 136 cm³/mol. The van der Waals surface area contributed by atoms with Crippen molar-refractivity contribution in [3.05, 3.63) is 48.2 Å². The number of aromatic nitrogens is 2. The number of nitrogens with zero attached hydrogens (tertiary/aromatic N) is 5. The van der Waals surface area contributed by atoms with Gasteiger partial charge in [-0.15, -0.1) is 0 Å². The lowest BCUT2D eigenvalue weighted by Gasteiger charge is -2.51. The van der Waals surface area contributed by atoms with Gasteiger partial charge in [0.05, 0.1) is 5.54 Å². The standard InChI is InChI=1S/C27H38N6O2/c1-30(2)27(22-10-5-4-6-11-22)15-13-26(14-16-27)20-32(25(35)33(26)18-21-8-7-9-21)19-24(34)28-23-12-17-31(3)29-23/h4-6,10-12,17,21H,7-9,13-16,18-20H2,1-3H3,(H,28,29,34)/t26-,27+. The summed E-state index contributed by atoms with van der Waals surface area (Å²) in [6.07, 6.45) is 9.31. The average molecular weight is 479 g/mol. The van der Waals surface area contributed by atoms with Crippen LogP contribution in [-0.4, -0.2) is 75.7 Å². The first-order chi connectivity index (χ1) is 16.8. The van der Waals surface area contributed by atoms with E-state index in [1.807, 2.05) is 7.05 Å². The predicted octanol–water partition coefficient (Wildman–Crippen LogP) is 3.67. The van der Waals surface area contributed by atoms with Gasteiger partial charge in [-0.05, 0) is 64.1 Å². The molecule has 1 spiro atoms. The molecule has 3 fully saturated rings. The number of nitrogens with one attached hydrogen (secondary N) is 1. The second-order valence-corrected chi connectivity index (χ2v) is 11.0. The van der Waals surface area contributed by atoms with Gasteiger partial charge in [-0.1, -0.05) is 36.8 Å². The van der Waals surface area contributed by atoms with Gasteiger partial charge in [0.15, 0.2) is 5.82 Å². The molecule has 5 rings (SSSR count). The lowest BCUT2D eigenvalue weighted by Crippen LogP contribution is -2.56. The number of carbonyl (C=O) groups is 2. The van der Waals surface area contributed by atoms with E-state index in [0.717, 1.165) is 32.2 Å². The molecule has 2 aromatic rings. The van der Waals surface area contributed by atoms with E-state index in [1.165, 1.54) is 24.8 Å². The molecule has 1 aromatic heterocycles. The van der Waals surface area contributed by atoms with Crippen LogP contribution in [0.15, 0.2) is 42.6 Å². The number of anilines is 1. The van der Waals surface area contributed by atoms with E-state index in [4.69, 9.17) is 0 Å². The third kappa shape index (κ3) is 4.44. The van der Waals surface area contributed by atoms with Crippen molar-refractivity contribution in [2.45, 2.75) is 56.0 Å². The number of rotatable bonds is 7. The summed E-state index contributed by atoms with van der Waals surface area (Å²) in [6, 6.07) is 12.6. The second kappa shape index (κ2) is 9.30. The first kappa shape index (κ1) is 23.9. The molecule has 0 radical (unpaired) electrons. The number of hydrogen-bond donors (Lipinski definition) is 1. The summed E-state index contributed by atoms with van der Waals surface area (Å²) < 4.78 is 1.65. The quantitative estimate of drug-likeness (QED) is 0.659. The van der Waals surface area contributed by atoms with Crippen LogP contribution in [0, 0.1) is 5.92 Å². The van der Waals surface area contributed by atoms with Gasteiger partial charge in [-0.3, -0.25) is 14.4 Å². The summed E-state index contributed by atoms with van der Waals surface area (Å²) in [7, 11) is 6.16. The Hall–Kier alpha value is -2.87. The van der Waals surface area contributed by atoms with Gasteiger partial charge in [0.25, 0.3) is 0 Å². The van der Waals surface area contributed by atoms with E-state index < -0.39 is 0 Å². The van der Waals surface area contributed by atoms with Gasteiger partial charge in [-0.2, -0.15) is 5.10 Å². The molecular formula is C27H38N6O2. The van der Waals surface area contributed by atoms with Crippen molar-refractivity contribution < 1.29 is 9.59 Å². The molecule has 188 valence electrons. The van der Waals surface area contributed by atoms with Crippen LogP contribution >= 0.6 is 0 Å². The zero-order valence-electron chi connectivity index (χ0n) is 21.2. The van der Waals surface area contributed by atoms with Crippen LogP contribution in [-0.2, 0) is 17.4 Å². The van der Waals surface area contributed by atoms with Gasteiger partial charge in [0.2, 0.25) is 5.91 Å². The van der Waals surface area contributed by atoms with Crippen LogP contribution in [0.5, 0.6) is 0 Å². The summed E-state index contributed by atoms with van der Waals surface area (Å²) >= 11 is 0. The summed E-state index contributed by atoms with van der Waals surface area (Å²) in [4.78, 5) is 32.7. The highest BCUT2D eigenvalue weighted by atomic mass is 16.2. The molecule has 8 nitrogen and oxygen atoms in total. The molecule has 3 aliphatic rings. The van der Waals surface area contributed by atoms with Crippen molar-refractivity contribution in [1.29, 1.82) is 0 Å². The highest BCUT2D eigenvalue weighted by molar-refractivity contribution is 5.94. The Morgan fingerprint density at radius 2 is 1.83 bits per heavy atom. The van der Waals surface area contributed by atoms with Crippen molar-refractivity contribution in [1.82, 2.24) is 24.5 Å². The molecule has 3 amide bonds. The Labute approximate surface area is 208 Å². The molecule has 2 heterocycles. The molecule has 35 heavy (non-hydrogen) atoms. The third-order valence-electron chi connectivity index (χ3n) is 8.72. The second-order valence-electron chi connectivity index (χ2n) is 11.0. The molecule has 0 bridgehead atoms. The van der Waals surface area contributed by atoms with E-state index in [2.05, 4.69) is 64.6 Å². The summed E-state index contributed by atoms with van der Waals surface area (Å²) in [5.74, 6) is 0.912. The van der Waals surface area contributed by atoms with Gasteiger partial charge in [0.1, 0.15) is 6.54 Å². The molecule has 2 aliphatic carbocycles.